The molecule has 1 aliphatic heterocycles. The Hall–Kier alpha value is -7.01. The van der Waals surface area contributed by atoms with E-state index in [-0.39, 0.29) is 12.3 Å². The molecule has 11 rings (SSSR count). The molecule has 2 heterocycles. The van der Waals surface area contributed by atoms with Crippen LogP contribution >= 0.6 is 0 Å². The lowest BCUT2D eigenvalue weighted by atomic mass is 9.95. The van der Waals surface area contributed by atoms with Crippen molar-refractivity contribution >= 4 is 60.1 Å². The summed E-state index contributed by atoms with van der Waals surface area (Å²) in [7, 11) is 0. The summed E-state index contributed by atoms with van der Waals surface area (Å²) in [5.74, 6) is 0.866. The number of hydrogen-bond acceptors (Lipinski definition) is 4. The molecular formula is C51H35N3O. The molecule has 2 N–H and O–H groups in total. The quantitative estimate of drug-likeness (QED) is 0.175. The standard InChI is InChI=1S/C51H35N3O/c1-2-12-32(13-3-1)35-26-27-46-45(30-35)48-41(22-11-23-47(48)55-46)36-17-10-18-38(29-36)49-52-50(39-25-24-33-14-4-5-15-34(33)28-39)54-51(53-49)44-31-37-16-6-7-19-40(37)42-20-8-9-21-43(42)44/h1-31,49-50,52H,(H,53,54). The highest BCUT2D eigenvalue weighted by molar-refractivity contribution is 6.19. The largest absolute Gasteiger partial charge is 0.456 e. The van der Waals surface area contributed by atoms with Crippen LogP contribution in [0.25, 0.3) is 76.5 Å². The molecule has 9 aromatic carbocycles. The summed E-state index contributed by atoms with van der Waals surface area (Å²) in [6.45, 7) is 0. The first-order valence-corrected chi connectivity index (χ1v) is 18.8. The van der Waals surface area contributed by atoms with E-state index < -0.39 is 0 Å². The van der Waals surface area contributed by atoms with Crippen molar-refractivity contribution in [3.8, 4) is 22.3 Å². The molecular weight excluding hydrogens is 671 g/mol. The average Bonchev–Trinajstić information content (AvgIpc) is 3.64. The van der Waals surface area contributed by atoms with Gasteiger partial charge >= 0.3 is 0 Å². The Bertz CT molecular complexity index is 3120. The van der Waals surface area contributed by atoms with Crippen molar-refractivity contribution in [2.24, 2.45) is 4.99 Å². The molecule has 1 aromatic heterocycles. The van der Waals surface area contributed by atoms with E-state index in [1.165, 1.54) is 43.4 Å². The van der Waals surface area contributed by atoms with Gasteiger partial charge in [0.1, 0.15) is 29.3 Å². The van der Waals surface area contributed by atoms with Gasteiger partial charge in [-0.15, -0.1) is 0 Å². The lowest BCUT2D eigenvalue weighted by molar-refractivity contribution is 0.409. The van der Waals surface area contributed by atoms with Crippen LogP contribution in [0.1, 0.15) is 29.0 Å². The number of furan rings is 1. The maximum atomic E-state index is 6.43. The first kappa shape index (κ1) is 31.5. The number of amidine groups is 1. The molecule has 260 valence electrons. The smallest absolute Gasteiger partial charge is 0.136 e. The monoisotopic (exact) mass is 705 g/mol. The van der Waals surface area contributed by atoms with Crippen molar-refractivity contribution in [2.75, 3.05) is 0 Å². The zero-order valence-electron chi connectivity index (χ0n) is 29.9. The second kappa shape index (κ2) is 12.8. The Labute approximate surface area is 318 Å². The SMILES string of the molecule is c1ccc(-c2ccc3oc4cccc(-c5cccc(C6N=C(c7cc8ccccc8c8ccccc78)NC(c7ccc8ccccc8c7)N6)c5)c4c3c2)cc1. The number of rotatable bonds is 5. The van der Waals surface area contributed by atoms with Gasteiger partial charge in [-0.05, 0) is 102 Å². The highest BCUT2D eigenvalue weighted by Crippen LogP contribution is 2.40. The van der Waals surface area contributed by atoms with Crippen LogP contribution in [0.3, 0.4) is 0 Å². The van der Waals surface area contributed by atoms with Crippen molar-refractivity contribution in [3.05, 3.63) is 205 Å². The van der Waals surface area contributed by atoms with Crippen molar-refractivity contribution < 1.29 is 4.42 Å². The molecule has 0 radical (unpaired) electrons. The van der Waals surface area contributed by atoms with E-state index in [0.717, 1.165) is 55.6 Å². The normalized spacial score (nSPS) is 15.8. The van der Waals surface area contributed by atoms with Gasteiger partial charge in [0.05, 0.1) is 0 Å². The summed E-state index contributed by atoms with van der Waals surface area (Å²) in [4.78, 5) is 5.48. The summed E-state index contributed by atoms with van der Waals surface area (Å²) < 4.78 is 6.43. The molecule has 1 aliphatic rings. The van der Waals surface area contributed by atoms with Gasteiger partial charge in [-0.3, -0.25) is 5.32 Å². The average molecular weight is 706 g/mol. The first-order valence-electron chi connectivity index (χ1n) is 18.8. The molecule has 0 saturated carbocycles. The molecule has 0 aliphatic carbocycles. The van der Waals surface area contributed by atoms with Gasteiger partial charge in [-0.2, -0.15) is 0 Å². The van der Waals surface area contributed by atoms with E-state index >= 15 is 0 Å². The van der Waals surface area contributed by atoms with Crippen LogP contribution in [-0.2, 0) is 0 Å². The summed E-state index contributed by atoms with van der Waals surface area (Å²) in [5.41, 5.74) is 9.69. The maximum Gasteiger partial charge on any atom is 0.136 e. The minimum atomic E-state index is -0.317. The predicted octanol–water partition coefficient (Wildman–Crippen LogP) is 12.7. The lowest BCUT2D eigenvalue weighted by Crippen LogP contribution is -2.45. The Kier molecular flexibility index (Phi) is 7.35. The van der Waals surface area contributed by atoms with E-state index in [1.54, 1.807) is 0 Å². The maximum absolute atomic E-state index is 6.43. The molecule has 2 atom stereocenters. The van der Waals surface area contributed by atoms with Crippen LogP contribution in [0.2, 0.25) is 0 Å². The van der Waals surface area contributed by atoms with Crippen LogP contribution in [0.5, 0.6) is 0 Å². The number of nitrogens with one attached hydrogen (secondary N) is 2. The highest BCUT2D eigenvalue weighted by atomic mass is 16.3. The van der Waals surface area contributed by atoms with Crippen molar-refractivity contribution in [3.63, 3.8) is 0 Å². The molecule has 4 nitrogen and oxygen atoms in total. The molecule has 0 amide bonds. The van der Waals surface area contributed by atoms with Crippen LogP contribution in [0, 0.1) is 0 Å². The molecule has 0 spiro atoms. The topological polar surface area (TPSA) is 49.6 Å². The number of fused-ring (bicyclic) bond motifs is 7. The molecule has 0 saturated heterocycles. The second-order valence-electron chi connectivity index (χ2n) is 14.4. The molecule has 55 heavy (non-hydrogen) atoms. The van der Waals surface area contributed by atoms with Gasteiger partial charge in [0.2, 0.25) is 0 Å². The van der Waals surface area contributed by atoms with Crippen molar-refractivity contribution in [1.82, 2.24) is 10.6 Å². The van der Waals surface area contributed by atoms with E-state index in [0.29, 0.717) is 0 Å². The fraction of sp³-hybridized carbons (Fsp3) is 0.0392. The van der Waals surface area contributed by atoms with Gasteiger partial charge in [-0.25, -0.2) is 4.99 Å². The first-order chi connectivity index (χ1) is 27.2. The van der Waals surface area contributed by atoms with Gasteiger partial charge in [0, 0.05) is 16.3 Å². The molecule has 4 heteroatoms. The van der Waals surface area contributed by atoms with Crippen molar-refractivity contribution in [1.29, 1.82) is 0 Å². The fourth-order valence-corrected chi connectivity index (χ4v) is 8.43. The van der Waals surface area contributed by atoms with Crippen LogP contribution in [-0.4, -0.2) is 5.84 Å². The lowest BCUT2D eigenvalue weighted by Gasteiger charge is -2.33. The number of hydrogen-bond donors (Lipinski definition) is 2. The van der Waals surface area contributed by atoms with Crippen molar-refractivity contribution in [2.45, 2.75) is 12.3 Å². The zero-order valence-corrected chi connectivity index (χ0v) is 29.9. The second-order valence-corrected chi connectivity index (χ2v) is 14.4. The Morgan fingerprint density at radius 3 is 2.05 bits per heavy atom. The number of nitrogens with zero attached hydrogens (tertiary/aromatic N) is 1. The third-order valence-electron chi connectivity index (χ3n) is 11.1. The van der Waals surface area contributed by atoms with Crippen LogP contribution < -0.4 is 10.6 Å². The minimum Gasteiger partial charge on any atom is -0.456 e. The Balaban J connectivity index is 1.06. The van der Waals surface area contributed by atoms with E-state index in [4.69, 9.17) is 9.41 Å². The predicted molar refractivity (Wildman–Crippen MR) is 228 cm³/mol. The van der Waals surface area contributed by atoms with E-state index in [9.17, 15) is 0 Å². The van der Waals surface area contributed by atoms with Gasteiger partial charge in [0.15, 0.2) is 0 Å². The number of aliphatic imine (C=N–C) groups is 1. The summed E-state index contributed by atoms with van der Waals surface area (Å²) in [6, 6.07) is 67.0. The van der Waals surface area contributed by atoms with Gasteiger partial charge < -0.3 is 9.73 Å². The minimum absolute atomic E-state index is 0.186. The highest BCUT2D eigenvalue weighted by Gasteiger charge is 2.27. The fourth-order valence-electron chi connectivity index (χ4n) is 8.43. The van der Waals surface area contributed by atoms with Gasteiger partial charge in [0.25, 0.3) is 0 Å². The zero-order chi connectivity index (χ0) is 36.3. The number of benzene rings is 9. The molecule has 10 aromatic rings. The molecule has 0 bridgehead atoms. The third-order valence-corrected chi connectivity index (χ3v) is 11.1. The summed E-state index contributed by atoms with van der Waals surface area (Å²) >= 11 is 0. The Morgan fingerprint density at radius 1 is 0.418 bits per heavy atom. The molecule has 2 unspecified atom stereocenters. The van der Waals surface area contributed by atoms with Crippen LogP contribution in [0.15, 0.2) is 197 Å². The van der Waals surface area contributed by atoms with Crippen LogP contribution in [0.4, 0.5) is 0 Å². The molecule has 0 fully saturated rings. The summed E-state index contributed by atoms with van der Waals surface area (Å²) in [6.07, 6.45) is -0.503. The third kappa shape index (κ3) is 5.46. The Morgan fingerprint density at radius 2 is 1.16 bits per heavy atom. The van der Waals surface area contributed by atoms with E-state index in [2.05, 4.69) is 199 Å². The summed E-state index contributed by atoms with van der Waals surface area (Å²) in [5, 5.41) is 17.2. The van der Waals surface area contributed by atoms with E-state index in [1.807, 2.05) is 0 Å². The van der Waals surface area contributed by atoms with Gasteiger partial charge in [-0.1, -0.05) is 152 Å².